The van der Waals surface area contributed by atoms with E-state index in [0.717, 1.165) is 0 Å². The number of carbonyl (C=O) groups is 1. The van der Waals surface area contributed by atoms with Gasteiger partial charge in [0.1, 0.15) is 11.6 Å². The van der Waals surface area contributed by atoms with Crippen LogP contribution in [0.4, 0.5) is 14.9 Å². The molecule has 0 spiro atoms. The molecule has 0 saturated carbocycles. The van der Waals surface area contributed by atoms with E-state index in [-0.39, 0.29) is 18.4 Å². The van der Waals surface area contributed by atoms with Gasteiger partial charge in [0.2, 0.25) is 0 Å². The van der Waals surface area contributed by atoms with Gasteiger partial charge in [0, 0.05) is 24.3 Å². The second-order valence-electron chi connectivity index (χ2n) is 5.97. The number of anilines is 1. The molecule has 2 aromatic carbocycles. The van der Waals surface area contributed by atoms with Crippen molar-refractivity contribution in [2.24, 2.45) is 0 Å². The van der Waals surface area contributed by atoms with Crippen molar-refractivity contribution in [3.05, 3.63) is 59.9 Å². The molecule has 1 N–H and O–H groups in total. The molecule has 25 heavy (non-hydrogen) atoms. The smallest absolute Gasteiger partial charge is 0.322 e. The maximum atomic E-state index is 13.9. The fourth-order valence-electron chi connectivity index (χ4n) is 2.28. The summed E-state index contributed by atoms with van der Waals surface area (Å²) in [5.74, 6) is 0.406. The molecule has 0 bridgehead atoms. The Balaban J connectivity index is 2.09. The van der Waals surface area contributed by atoms with Gasteiger partial charge in [-0.1, -0.05) is 18.2 Å². The SMILES string of the molecule is COc1ccc(NC(=O)N(CCN(C)C)Cc2ccccc2F)cc1. The zero-order valence-electron chi connectivity index (χ0n) is 14.8. The van der Waals surface area contributed by atoms with Crippen molar-refractivity contribution in [1.29, 1.82) is 0 Å². The topological polar surface area (TPSA) is 44.8 Å². The number of hydrogen-bond donors (Lipinski definition) is 1. The fraction of sp³-hybridized carbons (Fsp3) is 0.316. The molecule has 0 aliphatic heterocycles. The van der Waals surface area contributed by atoms with Gasteiger partial charge in [0.05, 0.1) is 13.7 Å². The summed E-state index contributed by atoms with van der Waals surface area (Å²) in [4.78, 5) is 16.2. The van der Waals surface area contributed by atoms with Crippen LogP contribution in [0.1, 0.15) is 5.56 Å². The lowest BCUT2D eigenvalue weighted by Crippen LogP contribution is -2.39. The Morgan fingerprint density at radius 1 is 1.08 bits per heavy atom. The van der Waals surface area contributed by atoms with Gasteiger partial charge in [-0.2, -0.15) is 0 Å². The summed E-state index contributed by atoms with van der Waals surface area (Å²) in [6.45, 7) is 1.39. The van der Waals surface area contributed by atoms with Crippen LogP contribution in [0.25, 0.3) is 0 Å². The van der Waals surface area contributed by atoms with Gasteiger partial charge in [-0.15, -0.1) is 0 Å². The number of nitrogens with zero attached hydrogens (tertiary/aromatic N) is 2. The van der Waals surface area contributed by atoms with E-state index in [1.54, 1.807) is 54.5 Å². The Kier molecular flexibility index (Phi) is 6.77. The Bertz CT molecular complexity index is 689. The monoisotopic (exact) mass is 345 g/mol. The average Bonchev–Trinajstić information content (AvgIpc) is 2.60. The van der Waals surface area contributed by atoms with Gasteiger partial charge in [0.15, 0.2) is 0 Å². The minimum absolute atomic E-state index is 0.211. The number of methoxy groups -OCH3 is 1. The third-order valence-electron chi connectivity index (χ3n) is 3.76. The Labute approximate surface area is 148 Å². The highest BCUT2D eigenvalue weighted by Crippen LogP contribution is 2.16. The first-order chi connectivity index (χ1) is 12.0. The highest BCUT2D eigenvalue weighted by molar-refractivity contribution is 5.89. The number of nitrogens with one attached hydrogen (secondary N) is 1. The van der Waals surface area contributed by atoms with E-state index < -0.39 is 0 Å². The maximum absolute atomic E-state index is 13.9. The molecule has 0 saturated heterocycles. The number of benzene rings is 2. The quantitative estimate of drug-likeness (QED) is 0.836. The summed E-state index contributed by atoms with van der Waals surface area (Å²) in [6.07, 6.45) is 0. The summed E-state index contributed by atoms with van der Waals surface area (Å²) in [6, 6.07) is 13.3. The molecule has 0 heterocycles. The second kappa shape index (κ2) is 9.03. The number of amides is 2. The van der Waals surface area contributed by atoms with Gasteiger partial charge in [-0.05, 0) is 44.4 Å². The van der Waals surface area contributed by atoms with Crippen molar-refractivity contribution >= 4 is 11.7 Å². The molecule has 0 fully saturated rings. The third kappa shape index (κ3) is 5.76. The van der Waals surface area contributed by atoms with Crippen molar-refractivity contribution in [2.75, 3.05) is 39.6 Å². The lowest BCUT2D eigenvalue weighted by atomic mass is 10.2. The molecule has 0 atom stereocenters. The largest absolute Gasteiger partial charge is 0.497 e. The number of urea groups is 1. The van der Waals surface area contributed by atoms with Gasteiger partial charge in [-0.3, -0.25) is 0 Å². The normalized spacial score (nSPS) is 10.6. The Morgan fingerprint density at radius 2 is 1.76 bits per heavy atom. The van der Waals surface area contributed by atoms with E-state index in [9.17, 15) is 9.18 Å². The molecule has 2 aromatic rings. The molecule has 0 aromatic heterocycles. The van der Waals surface area contributed by atoms with Crippen LogP contribution in [-0.2, 0) is 6.54 Å². The van der Waals surface area contributed by atoms with Crippen LogP contribution in [0.3, 0.4) is 0 Å². The number of ether oxygens (including phenoxy) is 1. The fourth-order valence-corrected chi connectivity index (χ4v) is 2.28. The summed E-state index contributed by atoms with van der Waals surface area (Å²) >= 11 is 0. The lowest BCUT2D eigenvalue weighted by Gasteiger charge is -2.25. The van der Waals surface area contributed by atoms with E-state index in [1.807, 2.05) is 19.0 Å². The van der Waals surface area contributed by atoms with Crippen LogP contribution in [-0.4, -0.2) is 50.1 Å². The minimum atomic E-state index is -0.311. The molecule has 2 rings (SSSR count). The molecule has 6 heteroatoms. The average molecular weight is 345 g/mol. The number of carbonyl (C=O) groups excluding carboxylic acids is 1. The van der Waals surface area contributed by atoms with E-state index in [0.29, 0.717) is 30.1 Å². The number of rotatable bonds is 7. The highest BCUT2D eigenvalue weighted by atomic mass is 19.1. The zero-order chi connectivity index (χ0) is 18.2. The molecule has 2 amide bonds. The first kappa shape index (κ1) is 18.7. The van der Waals surface area contributed by atoms with Gasteiger partial charge in [0.25, 0.3) is 0 Å². The first-order valence-electron chi connectivity index (χ1n) is 8.07. The van der Waals surface area contributed by atoms with Gasteiger partial charge >= 0.3 is 6.03 Å². The zero-order valence-corrected chi connectivity index (χ0v) is 14.8. The molecule has 0 unspecified atom stereocenters. The Morgan fingerprint density at radius 3 is 2.36 bits per heavy atom. The second-order valence-corrected chi connectivity index (χ2v) is 5.97. The van der Waals surface area contributed by atoms with Crippen LogP contribution in [0, 0.1) is 5.82 Å². The summed E-state index contributed by atoms with van der Waals surface area (Å²) in [7, 11) is 5.45. The standard InChI is InChI=1S/C19H24FN3O2/c1-22(2)12-13-23(14-15-6-4-5-7-18(15)20)19(24)21-16-8-10-17(25-3)11-9-16/h4-11H,12-14H2,1-3H3,(H,21,24). The molecular formula is C19H24FN3O2. The number of hydrogen-bond acceptors (Lipinski definition) is 3. The van der Waals surface area contributed by atoms with Crippen LogP contribution >= 0.6 is 0 Å². The molecule has 0 aliphatic carbocycles. The van der Waals surface area contributed by atoms with E-state index >= 15 is 0 Å². The maximum Gasteiger partial charge on any atom is 0.322 e. The van der Waals surface area contributed by atoms with Crippen molar-refractivity contribution in [2.45, 2.75) is 6.54 Å². The number of halogens is 1. The van der Waals surface area contributed by atoms with Crippen LogP contribution in [0.2, 0.25) is 0 Å². The van der Waals surface area contributed by atoms with Crippen LogP contribution in [0.5, 0.6) is 5.75 Å². The molecule has 0 radical (unpaired) electrons. The van der Waals surface area contributed by atoms with Gasteiger partial charge in [-0.25, -0.2) is 9.18 Å². The van der Waals surface area contributed by atoms with Crippen molar-refractivity contribution in [3.63, 3.8) is 0 Å². The number of likely N-dealkylation sites (N-methyl/N-ethyl adjacent to an activating group) is 1. The molecule has 5 nitrogen and oxygen atoms in total. The lowest BCUT2D eigenvalue weighted by molar-refractivity contribution is 0.201. The Hall–Kier alpha value is -2.60. The van der Waals surface area contributed by atoms with E-state index in [2.05, 4.69) is 5.32 Å². The highest BCUT2D eigenvalue weighted by Gasteiger charge is 2.16. The van der Waals surface area contributed by atoms with Crippen molar-refractivity contribution in [1.82, 2.24) is 9.80 Å². The third-order valence-corrected chi connectivity index (χ3v) is 3.76. The van der Waals surface area contributed by atoms with E-state index in [4.69, 9.17) is 4.74 Å². The molecular weight excluding hydrogens is 321 g/mol. The predicted molar refractivity (Wildman–Crippen MR) is 97.4 cm³/mol. The van der Waals surface area contributed by atoms with Crippen molar-refractivity contribution < 1.29 is 13.9 Å². The first-order valence-corrected chi connectivity index (χ1v) is 8.07. The van der Waals surface area contributed by atoms with Gasteiger partial charge < -0.3 is 19.9 Å². The predicted octanol–water partition coefficient (Wildman–Crippen LogP) is 3.43. The summed E-state index contributed by atoms with van der Waals surface area (Å²) in [5.41, 5.74) is 1.15. The molecule has 0 aliphatic rings. The molecule has 134 valence electrons. The summed E-state index contributed by atoms with van der Waals surface area (Å²) < 4.78 is 19.0. The van der Waals surface area contributed by atoms with Crippen LogP contribution in [0.15, 0.2) is 48.5 Å². The minimum Gasteiger partial charge on any atom is -0.497 e. The van der Waals surface area contributed by atoms with E-state index in [1.165, 1.54) is 6.07 Å². The van der Waals surface area contributed by atoms with Crippen LogP contribution < -0.4 is 10.1 Å². The van der Waals surface area contributed by atoms with Crippen molar-refractivity contribution in [3.8, 4) is 5.75 Å². The summed E-state index contributed by atoms with van der Waals surface area (Å²) in [5, 5.41) is 2.85.